The third-order valence-electron chi connectivity index (χ3n) is 14.6. The largest absolute Gasteiger partial charge is 0.472 e. The van der Waals surface area contributed by atoms with Crippen LogP contribution in [-0.2, 0) is 65.4 Å². The fraction of sp³-hybridized carbons (Fsp3) is 0.938. The van der Waals surface area contributed by atoms with Gasteiger partial charge in [-0.1, -0.05) is 260 Å². The third-order valence-corrected chi connectivity index (χ3v) is 16.5. The smallest absolute Gasteiger partial charge is 0.462 e. The number of esters is 4. The first-order chi connectivity index (χ1) is 39.7. The summed E-state index contributed by atoms with van der Waals surface area (Å²) in [5, 5.41) is 10.5. The molecule has 0 amide bonds. The topological polar surface area (TPSA) is 237 Å². The standard InChI is InChI=1S/C64H124O17P2/c1-8-9-10-11-12-23-31-38-45-61(66)74-52-60(81-64(69)48-41-34-27-26-30-37-44-57(6)7)54-79-83(72,73)77-50-58(65)49-76-82(70,71)78-53-59(51-75-62(67)46-39-32-25-20-22-29-36-43-56(4)5)80-63(68)47-40-33-24-19-17-15-13-14-16-18-21-28-35-42-55(2)3/h55-60,65H,8-54H2,1-7H3,(H,70,71)(H,72,73)/t58-,59-,60-/m1/s1. The van der Waals surface area contributed by atoms with Crippen LogP contribution >= 0.6 is 15.6 Å². The zero-order valence-corrected chi connectivity index (χ0v) is 55.4. The summed E-state index contributed by atoms with van der Waals surface area (Å²) in [5.74, 6) is 0.0186. The zero-order chi connectivity index (χ0) is 61.7. The van der Waals surface area contributed by atoms with E-state index in [-0.39, 0.29) is 25.7 Å². The summed E-state index contributed by atoms with van der Waals surface area (Å²) < 4.78 is 67.9. The molecule has 0 fully saturated rings. The maximum Gasteiger partial charge on any atom is 0.472 e. The van der Waals surface area contributed by atoms with Gasteiger partial charge in [0, 0.05) is 25.7 Å². The fourth-order valence-electron chi connectivity index (χ4n) is 9.48. The summed E-state index contributed by atoms with van der Waals surface area (Å²) in [7, 11) is -9.88. The molecule has 0 aliphatic rings. The Bertz CT molecular complexity index is 1650. The lowest BCUT2D eigenvalue weighted by atomic mass is 10.0. The molecule has 0 saturated carbocycles. The second-order valence-electron chi connectivity index (χ2n) is 24.6. The molecule has 0 radical (unpaired) electrons. The maximum atomic E-state index is 13.0. The summed E-state index contributed by atoms with van der Waals surface area (Å²) in [6.07, 6.45) is 36.5. The number of hydrogen-bond donors (Lipinski definition) is 3. The van der Waals surface area contributed by atoms with Crippen LogP contribution in [0.15, 0.2) is 0 Å². The van der Waals surface area contributed by atoms with Crippen molar-refractivity contribution in [1.29, 1.82) is 0 Å². The van der Waals surface area contributed by atoms with Gasteiger partial charge in [0.25, 0.3) is 0 Å². The highest BCUT2D eigenvalue weighted by Crippen LogP contribution is 2.45. The molecular weight excluding hydrogens is 1100 g/mol. The summed E-state index contributed by atoms with van der Waals surface area (Å²) in [5.41, 5.74) is 0. The molecule has 0 saturated heterocycles. The van der Waals surface area contributed by atoms with E-state index in [9.17, 15) is 43.2 Å². The van der Waals surface area contributed by atoms with Crippen LogP contribution in [0.4, 0.5) is 0 Å². The highest BCUT2D eigenvalue weighted by molar-refractivity contribution is 7.47. The summed E-state index contributed by atoms with van der Waals surface area (Å²) in [6.45, 7) is 11.6. The van der Waals surface area contributed by atoms with Crippen LogP contribution < -0.4 is 0 Å². The van der Waals surface area contributed by atoms with Crippen molar-refractivity contribution in [2.75, 3.05) is 39.6 Å². The number of hydrogen-bond acceptors (Lipinski definition) is 15. The van der Waals surface area contributed by atoms with Gasteiger partial charge in [0.2, 0.25) is 0 Å². The Morgan fingerprint density at radius 1 is 0.325 bits per heavy atom. The number of carbonyl (C=O) groups excluding carboxylic acids is 4. The molecule has 0 aliphatic carbocycles. The lowest BCUT2D eigenvalue weighted by molar-refractivity contribution is -0.161. The van der Waals surface area contributed by atoms with Gasteiger partial charge in [-0.25, -0.2) is 9.13 Å². The van der Waals surface area contributed by atoms with Crippen molar-refractivity contribution in [2.45, 2.75) is 330 Å². The molecule has 17 nitrogen and oxygen atoms in total. The molecule has 83 heavy (non-hydrogen) atoms. The van der Waals surface area contributed by atoms with E-state index in [2.05, 4.69) is 48.5 Å². The number of aliphatic hydroxyl groups excluding tert-OH is 1. The van der Waals surface area contributed by atoms with Gasteiger partial charge in [-0.05, 0) is 43.4 Å². The van der Waals surface area contributed by atoms with Crippen LogP contribution in [0.5, 0.6) is 0 Å². The lowest BCUT2D eigenvalue weighted by Crippen LogP contribution is -2.30. The van der Waals surface area contributed by atoms with Crippen LogP contribution in [0, 0.1) is 17.8 Å². The molecule has 492 valence electrons. The molecule has 5 atom stereocenters. The summed E-state index contributed by atoms with van der Waals surface area (Å²) in [6, 6.07) is 0. The van der Waals surface area contributed by atoms with E-state index in [0.29, 0.717) is 37.5 Å². The molecule has 0 aromatic heterocycles. The van der Waals surface area contributed by atoms with E-state index in [1.807, 2.05) is 0 Å². The minimum Gasteiger partial charge on any atom is -0.462 e. The van der Waals surface area contributed by atoms with Crippen LogP contribution in [-0.4, -0.2) is 96.7 Å². The quantitative estimate of drug-likeness (QED) is 0.0222. The fourth-order valence-corrected chi connectivity index (χ4v) is 11.1. The van der Waals surface area contributed by atoms with E-state index in [1.165, 1.54) is 109 Å². The van der Waals surface area contributed by atoms with Crippen molar-refractivity contribution in [3.05, 3.63) is 0 Å². The Balaban J connectivity index is 5.20. The second kappa shape index (κ2) is 55.4. The number of phosphoric acid groups is 2. The van der Waals surface area contributed by atoms with E-state index >= 15 is 0 Å². The second-order valence-corrected chi connectivity index (χ2v) is 27.5. The Hall–Kier alpha value is -1.94. The Labute approximate surface area is 505 Å². The van der Waals surface area contributed by atoms with Crippen LogP contribution in [0.3, 0.4) is 0 Å². The number of ether oxygens (including phenoxy) is 4. The summed E-state index contributed by atoms with van der Waals surface area (Å²) in [4.78, 5) is 72.1. The molecule has 0 spiro atoms. The lowest BCUT2D eigenvalue weighted by Gasteiger charge is -2.21. The zero-order valence-electron chi connectivity index (χ0n) is 53.6. The highest BCUT2D eigenvalue weighted by Gasteiger charge is 2.30. The van der Waals surface area contributed by atoms with Gasteiger partial charge < -0.3 is 33.8 Å². The molecule has 0 aliphatic heterocycles. The molecule has 0 bridgehead atoms. The monoisotopic (exact) mass is 1230 g/mol. The Kier molecular flexibility index (Phi) is 54.1. The molecule has 0 heterocycles. The molecular formula is C64H124O17P2. The molecule has 0 aromatic carbocycles. The van der Waals surface area contributed by atoms with Gasteiger partial charge in [0.15, 0.2) is 12.2 Å². The predicted octanol–water partition coefficient (Wildman–Crippen LogP) is 17.5. The minimum atomic E-state index is -4.94. The van der Waals surface area contributed by atoms with Crippen LogP contribution in [0.25, 0.3) is 0 Å². The normalized spacial score (nSPS) is 14.4. The van der Waals surface area contributed by atoms with Crippen molar-refractivity contribution in [1.82, 2.24) is 0 Å². The van der Waals surface area contributed by atoms with Gasteiger partial charge in [-0.15, -0.1) is 0 Å². The van der Waals surface area contributed by atoms with Crippen molar-refractivity contribution in [2.24, 2.45) is 17.8 Å². The maximum absolute atomic E-state index is 13.0. The van der Waals surface area contributed by atoms with Crippen molar-refractivity contribution in [3.63, 3.8) is 0 Å². The van der Waals surface area contributed by atoms with E-state index in [4.69, 9.17) is 37.0 Å². The number of carbonyl (C=O) groups is 4. The van der Waals surface area contributed by atoms with Crippen molar-refractivity contribution in [3.8, 4) is 0 Å². The number of unbranched alkanes of at least 4 members (excludes halogenated alkanes) is 30. The Morgan fingerprint density at radius 2 is 0.554 bits per heavy atom. The number of rotatable bonds is 62. The first kappa shape index (κ1) is 81.1. The number of aliphatic hydroxyl groups is 1. The minimum absolute atomic E-state index is 0.101. The average Bonchev–Trinajstić information content (AvgIpc) is 3.47. The van der Waals surface area contributed by atoms with Gasteiger partial charge in [0.1, 0.15) is 19.3 Å². The number of phosphoric ester groups is 2. The highest BCUT2D eigenvalue weighted by atomic mass is 31.2. The van der Waals surface area contributed by atoms with Gasteiger partial charge >= 0.3 is 39.5 Å². The molecule has 2 unspecified atom stereocenters. The van der Waals surface area contributed by atoms with Gasteiger partial charge in [-0.3, -0.25) is 37.3 Å². The third kappa shape index (κ3) is 58.8. The molecule has 3 N–H and O–H groups in total. The van der Waals surface area contributed by atoms with Crippen molar-refractivity contribution >= 4 is 39.5 Å². The molecule has 0 aromatic rings. The van der Waals surface area contributed by atoms with E-state index in [1.54, 1.807) is 0 Å². The van der Waals surface area contributed by atoms with E-state index < -0.39 is 97.5 Å². The van der Waals surface area contributed by atoms with Gasteiger partial charge in [-0.2, -0.15) is 0 Å². The van der Waals surface area contributed by atoms with Gasteiger partial charge in [0.05, 0.1) is 26.4 Å². The molecule has 0 rings (SSSR count). The van der Waals surface area contributed by atoms with E-state index in [0.717, 1.165) is 109 Å². The van der Waals surface area contributed by atoms with Crippen LogP contribution in [0.2, 0.25) is 0 Å². The average molecular weight is 1230 g/mol. The first-order valence-corrected chi connectivity index (χ1v) is 36.3. The molecule has 19 heteroatoms. The van der Waals surface area contributed by atoms with Crippen LogP contribution in [0.1, 0.15) is 312 Å². The first-order valence-electron chi connectivity index (χ1n) is 33.3. The Morgan fingerprint density at radius 3 is 0.819 bits per heavy atom. The summed E-state index contributed by atoms with van der Waals surface area (Å²) >= 11 is 0. The predicted molar refractivity (Wildman–Crippen MR) is 331 cm³/mol. The van der Waals surface area contributed by atoms with Crippen molar-refractivity contribution < 1.29 is 80.2 Å². The SMILES string of the molecule is CCCCCCCCCCC(=O)OC[C@H](COP(=O)(O)OC[C@H](O)COP(=O)(O)OC[C@@H](COC(=O)CCCCCCCCCC(C)C)OC(=O)CCCCCCCCCCCCCCCC(C)C)OC(=O)CCCCCCCCC(C)C.